The fourth-order valence-electron chi connectivity index (χ4n) is 2.43. The number of rotatable bonds is 5. The monoisotopic (exact) mass is 277 g/mol. The van der Waals surface area contributed by atoms with Gasteiger partial charge in [-0.1, -0.05) is 49.7 Å². The van der Waals surface area contributed by atoms with Gasteiger partial charge in [0.1, 0.15) is 12.4 Å². The molecule has 0 N–H and O–H groups in total. The minimum atomic E-state index is 0.500. The van der Waals surface area contributed by atoms with Gasteiger partial charge >= 0.3 is 0 Å². The van der Waals surface area contributed by atoms with Crippen LogP contribution in [0.1, 0.15) is 24.6 Å². The second kappa shape index (κ2) is 6.40. The van der Waals surface area contributed by atoms with Gasteiger partial charge in [0, 0.05) is 5.39 Å². The summed E-state index contributed by atoms with van der Waals surface area (Å²) < 4.78 is 5.87. The van der Waals surface area contributed by atoms with Crippen molar-refractivity contribution in [2.24, 2.45) is 0 Å². The van der Waals surface area contributed by atoms with Crippen LogP contribution in [0.5, 0.6) is 5.75 Å². The van der Waals surface area contributed by atoms with E-state index >= 15 is 0 Å². The Balaban J connectivity index is 1.72. The van der Waals surface area contributed by atoms with E-state index in [9.17, 15) is 0 Å². The number of para-hydroxylation sites is 1. The minimum absolute atomic E-state index is 0.500. The number of aryl methyl sites for hydroxylation is 1. The van der Waals surface area contributed by atoms with Gasteiger partial charge in [-0.3, -0.25) is 0 Å². The number of aromatic nitrogens is 1. The van der Waals surface area contributed by atoms with E-state index in [0.29, 0.717) is 6.61 Å². The molecule has 0 unspecified atom stereocenters. The third-order valence-electron chi connectivity index (χ3n) is 3.48. The molecule has 0 saturated carbocycles. The van der Waals surface area contributed by atoms with Crippen molar-refractivity contribution in [3.05, 3.63) is 71.9 Å². The van der Waals surface area contributed by atoms with Crippen molar-refractivity contribution >= 4 is 10.9 Å². The Morgan fingerprint density at radius 1 is 0.952 bits per heavy atom. The van der Waals surface area contributed by atoms with E-state index in [0.717, 1.165) is 35.2 Å². The van der Waals surface area contributed by atoms with Gasteiger partial charge in [-0.25, -0.2) is 4.98 Å². The standard InChI is InChI=1S/C19H19NO/c1-2-6-15-7-5-9-18(13-15)21-14-17-12-11-16-8-3-4-10-19(16)20-17/h3-5,7-13H,2,6,14H2,1H3. The Morgan fingerprint density at radius 2 is 1.86 bits per heavy atom. The molecule has 2 heteroatoms. The fourth-order valence-corrected chi connectivity index (χ4v) is 2.43. The van der Waals surface area contributed by atoms with E-state index < -0.39 is 0 Å². The van der Waals surface area contributed by atoms with Crippen LogP contribution in [0.15, 0.2) is 60.7 Å². The lowest BCUT2D eigenvalue weighted by Crippen LogP contribution is -1.98. The Kier molecular flexibility index (Phi) is 4.15. The van der Waals surface area contributed by atoms with Crippen LogP contribution in [0.2, 0.25) is 0 Å². The number of hydrogen-bond donors (Lipinski definition) is 0. The number of ether oxygens (including phenoxy) is 1. The Bertz CT molecular complexity index is 736. The maximum absolute atomic E-state index is 5.87. The molecule has 0 fully saturated rings. The fraction of sp³-hybridized carbons (Fsp3) is 0.211. The summed E-state index contributed by atoms with van der Waals surface area (Å²) in [5.41, 5.74) is 3.29. The number of hydrogen-bond acceptors (Lipinski definition) is 2. The summed E-state index contributed by atoms with van der Waals surface area (Å²) in [6.45, 7) is 2.69. The first-order valence-corrected chi connectivity index (χ1v) is 7.41. The summed E-state index contributed by atoms with van der Waals surface area (Å²) in [7, 11) is 0. The van der Waals surface area contributed by atoms with E-state index in [2.05, 4.69) is 36.2 Å². The molecule has 2 aromatic carbocycles. The molecule has 21 heavy (non-hydrogen) atoms. The summed E-state index contributed by atoms with van der Waals surface area (Å²) in [5.74, 6) is 0.913. The second-order valence-corrected chi connectivity index (χ2v) is 5.18. The van der Waals surface area contributed by atoms with Crippen molar-refractivity contribution in [2.45, 2.75) is 26.4 Å². The van der Waals surface area contributed by atoms with Crippen molar-refractivity contribution in [2.75, 3.05) is 0 Å². The maximum Gasteiger partial charge on any atom is 0.130 e. The van der Waals surface area contributed by atoms with E-state index in [4.69, 9.17) is 4.74 Å². The molecular formula is C19H19NO. The molecule has 0 radical (unpaired) electrons. The Labute approximate surface area is 125 Å². The lowest BCUT2D eigenvalue weighted by molar-refractivity contribution is 0.301. The van der Waals surface area contributed by atoms with Crippen LogP contribution < -0.4 is 4.74 Å². The molecule has 0 aliphatic carbocycles. The zero-order chi connectivity index (χ0) is 14.5. The van der Waals surface area contributed by atoms with Gasteiger partial charge in [-0.2, -0.15) is 0 Å². The normalized spacial score (nSPS) is 10.7. The van der Waals surface area contributed by atoms with E-state index in [1.165, 1.54) is 5.56 Å². The highest BCUT2D eigenvalue weighted by Crippen LogP contribution is 2.17. The molecule has 1 aromatic heterocycles. The van der Waals surface area contributed by atoms with E-state index in [1.54, 1.807) is 0 Å². The molecule has 0 aliphatic heterocycles. The first-order chi connectivity index (χ1) is 10.3. The van der Waals surface area contributed by atoms with Crippen LogP contribution in [0, 0.1) is 0 Å². The zero-order valence-electron chi connectivity index (χ0n) is 12.3. The van der Waals surface area contributed by atoms with Crippen LogP contribution in [0.4, 0.5) is 0 Å². The van der Waals surface area contributed by atoms with Crippen molar-refractivity contribution < 1.29 is 4.74 Å². The molecule has 0 saturated heterocycles. The van der Waals surface area contributed by atoms with E-state index in [1.807, 2.05) is 36.4 Å². The molecular weight excluding hydrogens is 258 g/mol. The van der Waals surface area contributed by atoms with Gasteiger partial charge in [0.25, 0.3) is 0 Å². The molecule has 0 amide bonds. The first-order valence-electron chi connectivity index (χ1n) is 7.41. The third-order valence-corrected chi connectivity index (χ3v) is 3.48. The highest BCUT2D eigenvalue weighted by atomic mass is 16.5. The molecule has 3 rings (SSSR count). The smallest absolute Gasteiger partial charge is 0.130 e. The number of pyridine rings is 1. The topological polar surface area (TPSA) is 22.1 Å². The maximum atomic E-state index is 5.87. The van der Waals surface area contributed by atoms with Gasteiger partial charge in [-0.15, -0.1) is 0 Å². The average molecular weight is 277 g/mol. The first kappa shape index (κ1) is 13.6. The number of benzene rings is 2. The van der Waals surface area contributed by atoms with Gasteiger partial charge in [0.2, 0.25) is 0 Å². The molecule has 3 aromatic rings. The summed E-state index contributed by atoms with van der Waals surface area (Å²) in [6, 6.07) is 20.6. The molecule has 0 atom stereocenters. The molecule has 0 spiro atoms. The number of nitrogens with zero attached hydrogens (tertiary/aromatic N) is 1. The quantitative estimate of drug-likeness (QED) is 0.670. The molecule has 1 heterocycles. The zero-order valence-corrected chi connectivity index (χ0v) is 12.3. The lowest BCUT2D eigenvalue weighted by Gasteiger charge is -2.08. The van der Waals surface area contributed by atoms with Crippen molar-refractivity contribution in [1.82, 2.24) is 4.98 Å². The van der Waals surface area contributed by atoms with Crippen LogP contribution >= 0.6 is 0 Å². The SMILES string of the molecule is CCCc1cccc(OCc2ccc3ccccc3n2)c1. The van der Waals surface area contributed by atoms with Gasteiger partial charge in [0.15, 0.2) is 0 Å². The minimum Gasteiger partial charge on any atom is -0.487 e. The van der Waals surface area contributed by atoms with Crippen LogP contribution in [0.3, 0.4) is 0 Å². The number of fused-ring (bicyclic) bond motifs is 1. The summed E-state index contributed by atoms with van der Waals surface area (Å²) in [6.07, 6.45) is 2.24. The van der Waals surface area contributed by atoms with Crippen molar-refractivity contribution in [3.8, 4) is 5.75 Å². The Hall–Kier alpha value is -2.35. The Morgan fingerprint density at radius 3 is 2.76 bits per heavy atom. The average Bonchev–Trinajstić information content (AvgIpc) is 2.53. The molecule has 0 bridgehead atoms. The van der Waals surface area contributed by atoms with Crippen LogP contribution in [-0.2, 0) is 13.0 Å². The highest BCUT2D eigenvalue weighted by molar-refractivity contribution is 5.78. The lowest BCUT2D eigenvalue weighted by atomic mass is 10.1. The predicted octanol–water partition coefficient (Wildman–Crippen LogP) is 4.77. The summed E-state index contributed by atoms with van der Waals surface area (Å²) in [5, 5.41) is 1.16. The third kappa shape index (κ3) is 3.40. The summed E-state index contributed by atoms with van der Waals surface area (Å²) >= 11 is 0. The largest absolute Gasteiger partial charge is 0.487 e. The van der Waals surface area contributed by atoms with Crippen LogP contribution in [0.25, 0.3) is 10.9 Å². The highest BCUT2D eigenvalue weighted by Gasteiger charge is 2.01. The molecule has 0 aliphatic rings. The van der Waals surface area contributed by atoms with Crippen molar-refractivity contribution in [3.63, 3.8) is 0 Å². The predicted molar refractivity (Wildman–Crippen MR) is 86.5 cm³/mol. The molecule has 2 nitrogen and oxygen atoms in total. The summed E-state index contributed by atoms with van der Waals surface area (Å²) in [4.78, 5) is 4.62. The van der Waals surface area contributed by atoms with Gasteiger partial charge in [-0.05, 0) is 36.2 Å². The van der Waals surface area contributed by atoms with Gasteiger partial charge < -0.3 is 4.74 Å². The second-order valence-electron chi connectivity index (χ2n) is 5.18. The van der Waals surface area contributed by atoms with Crippen LogP contribution in [-0.4, -0.2) is 4.98 Å². The van der Waals surface area contributed by atoms with E-state index in [-0.39, 0.29) is 0 Å². The van der Waals surface area contributed by atoms with Crippen molar-refractivity contribution in [1.29, 1.82) is 0 Å². The molecule has 106 valence electrons. The van der Waals surface area contributed by atoms with Gasteiger partial charge in [0.05, 0.1) is 11.2 Å².